The molecule has 0 bridgehead atoms. The molecule has 0 aromatic carbocycles. The van der Waals surface area contributed by atoms with Gasteiger partial charge >= 0.3 is 0 Å². The second kappa shape index (κ2) is 4.61. The van der Waals surface area contributed by atoms with Crippen molar-refractivity contribution in [3.8, 4) is 0 Å². The first-order chi connectivity index (χ1) is 7.97. The molecule has 0 heterocycles. The summed E-state index contributed by atoms with van der Waals surface area (Å²) in [6.07, 6.45) is 7.68. The summed E-state index contributed by atoms with van der Waals surface area (Å²) >= 11 is 0. The van der Waals surface area contributed by atoms with E-state index in [2.05, 4.69) is 33.8 Å². The average molecular weight is 234 g/mol. The predicted octanol–water partition coefficient (Wildman–Crippen LogP) is 4.49. The van der Waals surface area contributed by atoms with Gasteiger partial charge in [-0.1, -0.05) is 36.6 Å². The van der Waals surface area contributed by atoms with E-state index in [1.54, 1.807) is 11.1 Å². The number of rotatable bonds is 1. The summed E-state index contributed by atoms with van der Waals surface area (Å²) in [5.41, 5.74) is 5.26. The number of allylic oxidation sites excluding steroid dienone is 3. The Morgan fingerprint density at radius 2 is 2.06 bits per heavy atom. The van der Waals surface area contributed by atoms with E-state index in [1.165, 1.54) is 31.3 Å². The zero-order valence-corrected chi connectivity index (χ0v) is 12.0. The number of hydrogen-bond donors (Lipinski definition) is 0. The fraction of sp³-hybridized carbons (Fsp3) is 0.750. The largest absolute Gasteiger partial charge is 0.377 e. The van der Waals surface area contributed by atoms with Gasteiger partial charge in [0.05, 0.1) is 6.10 Å². The Balaban J connectivity index is 2.32. The average Bonchev–Trinajstić information content (AvgIpc) is 2.29. The first-order valence-corrected chi connectivity index (χ1v) is 6.86. The molecule has 1 heteroatoms. The van der Waals surface area contributed by atoms with Crippen LogP contribution < -0.4 is 0 Å². The summed E-state index contributed by atoms with van der Waals surface area (Å²) in [6.45, 7) is 9.38. The summed E-state index contributed by atoms with van der Waals surface area (Å²) < 4.78 is 5.54. The molecule has 3 atom stereocenters. The van der Waals surface area contributed by atoms with E-state index in [0.717, 1.165) is 5.92 Å². The second-order valence-electron chi connectivity index (χ2n) is 6.30. The zero-order chi connectivity index (χ0) is 12.6. The lowest BCUT2D eigenvalue weighted by molar-refractivity contribution is 0.0722. The fourth-order valence-corrected chi connectivity index (χ4v) is 3.47. The van der Waals surface area contributed by atoms with Gasteiger partial charge in [-0.2, -0.15) is 0 Å². The van der Waals surface area contributed by atoms with Crippen molar-refractivity contribution in [2.75, 3.05) is 7.11 Å². The van der Waals surface area contributed by atoms with Gasteiger partial charge in [0, 0.05) is 7.11 Å². The van der Waals surface area contributed by atoms with E-state index >= 15 is 0 Å². The first kappa shape index (κ1) is 12.9. The molecule has 0 spiro atoms. The highest BCUT2D eigenvalue weighted by molar-refractivity contribution is 5.30. The van der Waals surface area contributed by atoms with Gasteiger partial charge in [0.1, 0.15) is 0 Å². The van der Waals surface area contributed by atoms with Crippen molar-refractivity contribution in [3.05, 3.63) is 22.8 Å². The molecule has 0 saturated heterocycles. The number of fused-ring (bicyclic) bond motifs is 1. The van der Waals surface area contributed by atoms with Gasteiger partial charge in [0.15, 0.2) is 0 Å². The van der Waals surface area contributed by atoms with Crippen LogP contribution in [0.1, 0.15) is 53.4 Å². The second-order valence-corrected chi connectivity index (χ2v) is 6.30. The Morgan fingerprint density at radius 3 is 2.65 bits per heavy atom. The summed E-state index contributed by atoms with van der Waals surface area (Å²) in [6, 6.07) is 0. The summed E-state index contributed by atoms with van der Waals surface area (Å²) in [7, 11) is 1.83. The third kappa shape index (κ3) is 2.22. The van der Waals surface area contributed by atoms with Crippen LogP contribution in [0.5, 0.6) is 0 Å². The number of hydrogen-bond acceptors (Lipinski definition) is 1. The van der Waals surface area contributed by atoms with Crippen LogP contribution in [0.3, 0.4) is 0 Å². The van der Waals surface area contributed by atoms with E-state index < -0.39 is 0 Å². The molecule has 17 heavy (non-hydrogen) atoms. The number of ether oxygens (including phenoxy) is 1. The lowest BCUT2D eigenvalue weighted by Gasteiger charge is -2.47. The molecule has 0 radical (unpaired) electrons. The lowest BCUT2D eigenvalue weighted by atomic mass is 9.59. The Morgan fingerprint density at radius 1 is 1.35 bits per heavy atom. The zero-order valence-electron chi connectivity index (χ0n) is 12.0. The summed E-state index contributed by atoms with van der Waals surface area (Å²) in [5.74, 6) is 0.724. The molecule has 2 rings (SSSR count). The minimum absolute atomic E-state index is 0.348. The number of methoxy groups -OCH3 is 1. The monoisotopic (exact) mass is 234 g/mol. The van der Waals surface area contributed by atoms with Crippen LogP contribution in [0.2, 0.25) is 0 Å². The Labute approximate surface area is 106 Å². The minimum Gasteiger partial charge on any atom is -0.377 e. The van der Waals surface area contributed by atoms with Crippen molar-refractivity contribution >= 4 is 0 Å². The third-order valence-corrected chi connectivity index (χ3v) is 5.08. The molecule has 2 aliphatic carbocycles. The van der Waals surface area contributed by atoms with Crippen molar-refractivity contribution in [1.82, 2.24) is 0 Å². The molecular formula is C16H26O. The molecule has 1 fully saturated rings. The van der Waals surface area contributed by atoms with Gasteiger partial charge in [-0.15, -0.1) is 0 Å². The van der Waals surface area contributed by atoms with Gasteiger partial charge in [0.25, 0.3) is 0 Å². The normalized spacial score (nSPS) is 37.5. The van der Waals surface area contributed by atoms with Crippen LogP contribution in [-0.2, 0) is 4.74 Å². The van der Waals surface area contributed by atoms with E-state index in [0.29, 0.717) is 11.5 Å². The maximum Gasteiger partial charge on any atom is 0.0757 e. The smallest absolute Gasteiger partial charge is 0.0757 e. The van der Waals surface area contributed by atoms with Crippen molar-refractivity contribution < 1.29 is 4.74 Å². The highest BCUT2D eigenvalue weighted by Gasteiger charge is 2.42. The van der Waals surface area contributed by atoms with Crippen molar-refractivity contribution in [2.45, 2.75) is 59.5 Å². The van der Waals surface area contributed by atoms with Crippen LogP contribution in [0, 0.1) is 11.3 Å². The van der Waals surface area contributed by atoms with Crippen LogP contribution in [0.15, 0.2) is 22.8 Å². The van der Waals surface area contributed by atoms with Gasteiger partial charge in [-0.05, 0) is 50.9 Å². The molecule has 0 aromatic rings. The Hall–Kier alpha value is -0.560. The van der Waals surface area contributed by atoms with Crippen LogP contribution in [0.25, 0.3) is 0 Å². The molecule has 1 saturated carbocycles. The molecule has 2 aliphatic rings. The van der Waals surface area contributed by atoms with Crippen molar-refractivity contribution in [2.24, 2.45) is 11.3 Å². The quantitative estimate of drug-likeness (QED) is 0.607. The lowest BCUT2D eigenvalue weighted by Crippen LogP contribution is -2.38. The van der Waals surface area contributed by atoms with E-state index in [9.17, 15) is 0 Å². The molecule has 0 N–H and O–H groups in total. The fourth-order valence-electron chi connectivity index (χ4n) is 3.47. The van der Waals surface area contributed by atoms with Gasteiger partial charge < -0.3 is 4.74 Å². The van der Waals surface area contributed by atoms with E-state index in [1.807, 2.05) is 7.11 Å². The summed E-state index contributed by atoms with van der Waals surface area (Å²) in [4.78, 5) is 0. The molecule has 96 valence electrons. The van der Waals surface area contributed by atoms with Gasteiger partial charge in [-0.3, -0.25) is 0 Å². The SMILES string of the molecule is CO[C@@H]1C=C2CCC(=C(C)C)C[C@]2(C)[C@@H](C)C1. The van der Waals surface area contributed by atoms with Gasteiger partial charge in [-0.25, -0.2) is 0 Å². The van der Waals surface area contributed by atoms with Crippen LogP contribution in [-0.4, -0.2) is 13.2 Å². The molecule has 0 amide bonds. The first-order valence-electron chi connectivity index (χ1n) is 6.86. The maximum absolute atomic E-state index is 5.54. The molecule has 0 unspecified atom stereocenters. The summed E-state index contributed by atoms with van der Waals surface area (Å²) in [5, 5.41) is 0. The Bertz CT molecular complexity index is 360. The van der Waals surface area contributed by atoms with Crippen molar-refractivity contribution in [3.63, 3.8) is 0 Å². The highest BCUT2D eigenvalue weighted by Crippen LogP contribution is 2.52. The molecule has 0 aliphatic heterocycles. The van der Waals surface area contributed by atoms with Crippen LogP contribution in [0.4, 0.5) is 0 Å². The molecular weight excluding hydrogens is 208 g/mol. The topological polar surface area (TPSA) is 9.23 Å². The maximum atomic E-state index is 5.54. The predicted molar refractivity (Wildman–Crippen MR) is 73.0 cm³/mol. The standard InChI is InChI=1S/C16H26O/c1-11(2)13-6-7-14-9-15(17-5)8-12(3)16(14,4)10-13/h9,12,15H,6-8,10H2,1-5H3/t12-,15-,16+/m0/s1. The van der Waals surface area contributed by atoms with Gasteiger partial charge in [0.2, 0.25) is 0 Å². The third-order valence-electron chi connectivity index (χ3n) is 5.08. The Kier molecular flexibility index (Phi) is 3.49. The molecule has 1 nitrogen and oxygen atoms in total. The van der Waals surface area contributed by atoms with Crippen LogP contribution >= 0.6 is 0 Å². The van der Waals surface area contributed by atoms with E-state index in [4.69, 9.17) is 4.74 Å². The highest BCUT2D eigenvalue weighted by atomic mass is 16.5. The van der Waals surface area contributed by atoms with E-state index in [-0.39, 0.29) is 0 Å². The van der Waals surface area contributed by atoms with Crippen molar-refractivity contribution in [1.29, 1.82) is 0 Å². The minimum atomic E-state index is 0.348. The molecule has 0 aromatic heterocycles.